The van der Waals surface area contributed by atoms with Crippen molar-refractivity contribution in [2.24, 2.45) is 5.92 Å². The van der Waals surface area contributed by atoms with Gasteiger partial charge in [0.25, 0.3) is 0 Å². The molecule has 2 rings (SSSR count). The topological polar surface area (TPSA) is 25.2 Å². The molecule has 0 bridgehead atoms. The lowest BCUT2D eigenvalue weighted by atomic mass is 9.91. The van der Waals surface area contributed by atoms with E-state index in [2.05, 4.69) is 5.32 Å². The van der Waals surface area contributed by atoms with Crippen LogP contribution in [0.5, 0.6) is 0 Å². The lowest BCUT2D eigenvalue weighted by Crippen LogP contribution is -2.33. The van der Waals surface area contributed by atoms with E-state index in [1.54, 1.807) is 6.26 Å². The summed E-state index contributed by atoms with van der Waals surface area (Å²) in [7, 11) is 0. The Morgan fingerprint density at radius 3 is 2.93 bits per heavy atom. The summed E-state index contributed by atoms with van der Waals surface area (Å²) in [5.41, 5.74) is 0. The largest absolute Gasteiger partial charge is 0.469 e. The smallest absolute Gasteiger partial charge is 0.110 e. The molecule has 1 atom stereocenters. The van der Waals surface area contributed by atoms with Gasteiger partial charge in [0, 0.05) is 6.42 Å². The summed E-state index contributed by atoms with van der Waals surface area (Å²) in [5.74, 6) is 0.970. The first-order chi connectivity index (χ1) is 6.86. The molecule has 2 nitrogen and oxygen atoms in total. The molecule has 0 amide bonds. The number of hydrogen-bond donors (Lipinski definition) is 1. The summed E-state index contributed by atoms with van der Waals surface area (Å²) >= 11 is 0. The van der Waals surface area contributed by atoms with Gasteiger partial charge in [0.05, 0.1) is 6.26 Å². The van der Waals surface area contributed by atoms with Crippen molar-refractivity contribution in [3.8, 4) is 0 Å². The summed E-state index contributed by atoms with van der Waals surface area (Å²) in [6, 6.07) is 3.65. The third-order valence-corrected chi connectivity index (χ3v) is 2.87. The monoisotopic (exact) mass is 197 g/mol. The van der Waals surface area contributed by atoms with Crippen LogP contribution in [0.4, 0.5) is 4.39 Å². The molecule has 1 aliphatic rings. The van der Waals surface area contributed by atoms with Gasteiger partial charge in [-0.1, -0.05) is 0 Å². The van der Waals surface area contributed by atoms with E-state index >= 15 is 0 Å². The van der Waals surface area contributed by atoms with Gasteiger partial charge in [0.15, 0.2) is 0 Å². The molecule has 78 valence electrons. The Hall–Kier alpha value is -0.830. The highest BCUT2D eigenvalue weighted by Gasteiger charge is 2.23. The lowest BCUT2D eigenvalue weighted by molar-refractivity contribution is 0.180. The van der Waals surface area contributed by atoms with Crippen molar-refractivity contribution in [1.82, 2.24) is 5.32 Å². The first-order valence-corrected chi connectivity index (χ1v) is 5.23. The molecule has 0 radical (unpaired) electrons. The zero-order valence-corrected chi connectivity index (χ0v) is 8.21. The minimum atomic E-state index is -0.747. The van der Waals surface area contributed by atoms with Crippen LogP contribution in [0.3, 0.4) is 0 Å². The van der Waals surface area contributed by atoms with Crippen molar-refractivity contribution in [3.63, 3.8) is 0 Å². The summed E-state index contributed by atoms with van der Waals surface area (Å²) in [4.78, 5) is 0. The summed E-state index contributed by atoms with van der Waals surface area (Å²) in [6.07, 6.45) is 3.18. The molecule has 2 heterocycles. The van der Waals surface area contributed by atoms with Crippen LogP contribution in [-0.2, 0) is 6.42 Å². The van der Waals surface area contributed by atoms with Crippen LogP contribution < -0.4 is 5.32 Å². The highest BCUT2D eigenvalue weighted by atomic mass is 19.1. The van der Waals surface area contributed by atoms with Crippen LogP contribution >= 0.6 is 0 Å². The van der Waals surface area contributed by atoms with Gasteiger partial charge in [-0.25, -0.2) is 4.39 Å². The fourth-order valence-corrected chi connectivity index (χ4v) is 1.99. The highest BCUT2D eigenvalue weighted by Crippen LogP contribution is 2.22. The minimum Gasteiger partial charge on any atom is -0.469 e. The third kappa shape index (κ3) is 2.35. The number of rotatable bonds is 3. The average Bonchev–Trinajstić information content (AvgIpc) is 2.72. The van der Waals surface area contributed by atoms with E-state index in [0.29, 0.717) is 6.42 Å². The van der Waals surface area contributed by atoms with Gasteiger partial charge >= 0.3 is 0 Å². The van der Waals surface area contributed by atoms with Gasteiger partial charge in [0.1, 0.15) is 11.9 Å². The average molecular weight is 197 g/mol. The maximum absolute atomic E-state index is 13.8. The van der Waals surface area contributed by atoms with Gasteiger partial charge in [-0.05, 0) is 44.0 Å². The Kier molecular flexibility index (Phi) is 3.19. The third-order valence-electron chi connectivity index (χ3n) is 2.87. The summed E-state index contributed by atoms with van der Waals surface area (Å²) < 4.78 is 18.9. The predicted molar refractivity (Wildman–Crippen MR) is 52.9 cm³/mol. The lowest BCUT2D eigenvalue weighted by Gasteiger charge is -2.25. The molecule has 0 saturated carbocycles. The molecule has 1 saturated heterocycles. The van der Waals surface area contributed by atoms with Gasteiger partial charge in [-0.2, -0.15) is 0 Å². The van der Waals surface area contributed by atoms with Crippen LogP contribution in [0, 0.1) is 5.92 Å². The van der Waals surface area contributed by atoms with E-state index in [0.717, 1.165) is 31.7 Å². The van der Waals surface area contributed by atoms with Gasteiger partial charge in [-0.3, -0.25) is 0 Å². The number of hydrogen-bond acceptors (Lipinski definition) is 2. The molecule has 1 aliphatic heterocycles. The normalized spacial score (nSPS) is 20.9. The van der Waals surface area contributed by atoms with E-state index in [1.165, 1.54) is 0 Å². The zero-order chi connectivity index (χ0) is 9.80. The second kappa shape index (κ2) is 4.60. The van der Waals surface area contributed by atoms with Crippen LogP contribution in [-0.4, -0.2) is 19.3 Å². The molecule has 1 N–H and O–H groups in total. The molecule has 3 heteroatoms. The van der Waals surface area contributed by atoms with Crippen LogP contribution in [0.25, 0.3) is 0 Å². The fraction of sp³-hybridized carbons (Fsp3) is 0.636. The molecule has 0 aromatic carbocycles. The molecule has 1 unspecified atom stereocenters. The summed E-state index contributed by atoms with van der Waals surface area (Å²) in [6.45, 7) is 1.90. The number of alkyl halides is 1. The Bertz CT molecular complexity index is 254. The SMILES string of the molecule is FC(Cc1ccco1)C1CCNCC1. The van der Waals surface area contributed by atoms with E-state index in [4.69, 9.17) is 4.42 Å². The van der Waals surface area contributed by atoms with Crippen molar-refractivity contribution in [3.05, 3.63) is 24.2 Å². The van der Waals surface area contributed by atoms with E-state index < -0.39 is 6.17 Å². The molecule has 0 spiro atoms. The first kappa shape index (κ1) is 9.71. The van der Waals surface area contributed by atoms with E-state index in [9.17, 15) is 4.39 Å². The van der Waals surface area contributed by atoms with Crippen LogP contribution in [0.1, 0.15) is 18.6 Å². The van der Waals surface area contributed by atoms with Gasteiger partial charge < -0.3 is 9.73 Å². The number of nitrogens with one attached hydrogen (secondary N) is 1. The molecular weight excluding hydrogens is 181 g/mol. The van der Waals surface area contributed by atoms with Crippen LogP contribution in [0.2, 0.25) is 0 Å². The van der Waals surface area contributed by atoms with Gasteiger partial charge in [0.2, 0.25) is 0 Å². The molecule has 14 heavy (non-hydrogen) atoms. The van der Waals surface area contributed by atoms with Crippen molar-refractivity contribution in [2.45, 2.75) is 25.4 Å². The maximum Gasteiger partial charge on any atom is 0.110 e. The van der Waals surface area contributed by atoms with Crippen molar-refractivity contribution >= 4 is 0 Å². The van der Waals surface area contributed by atoms with Crippen molar-refractivity contribution < 1.29 is 8.81 Å². The molecule has 1 aromatic rings. The maximum atomic E-state index is 13.8. The van der Waals surface area contributed by atoms with E-state index in [-0.39, 0.29) is 5.92 Å². The Morgan fingerprint density at radius 2 is 2.29 bits per heavy atom. The van der Waals surface area contributed by atoms with Crippen molar-refractivity contribution in [1.29, 1.82) is 0 Å². The molecule has 0 aliphatic carbocycles. The standard InChI is InChI=1S/C11H16FNO/c12-11(8-10-2-1-7-14-10)9-3-5-13-6-4-9/h1-2,7,9,11,13H,3-6,8H2. The van der Waals surface area contributed by atoms with Crippen LogP contribution in [0.15, 0.2) is 22.8 Å². The second-order valence-electron chi connectivity index (χ2n) is 3.89. The summed E-state index contributed by atoms with van der Waals surface area (Å²) in [5, 5.41) is 3.24. The Morgan fingerprint density at radius 1 is 1.50 bits per heavy atom. The Labute approximate surface area is 83.5 Å². The number of piperidine rings is 1. The van der Waals surface area contributed by atoms with Crippen molar-refractivity contribution in [2.75, 3.05) is 13.1 Å². The Balaban J connectivity index is 1.85. The molecule has 1 aromatic heterocycles. The molecule has 1 fully saturated rings. The quantitative estimate of drug-likeness (QED) is 0.803. The second-order valence-corrected chi connectivity index (χ2v) is 3.89. The number of furan rings is 1. The number of halogens is 1. The highest BCUT2D eigenvalue weighted by molar-refractivity contribution is 5.00. The van der Waals surface area contributed by atoms with Gasteiger partial charge in [-0.15, -0.1) is 0 Å². The predicted octanol–water partition coefficient (Wildman–Crippen LogP) is 2.16. The fourth-order valence-electron chi connectivity index (χ4n) is 1.99. The van der Waals surface area contributed by atoms with E-state index in [1.807, 2.05) is 12.1 Å². The minimum absolute atomic E-state index is 0.210. The zero-order valence-electron chi connectivity index (χ0n) is 8.21. The molecular formula is C11H16FNO. The first-order valence-electron chi connectivity index (χ1n) is 5.23.